The highest BCUT2D eigenvalue weighted by molar-refractivity contribution is 7.99. The Hall–Kier alpha value is -1.62. The summed E-state index contributed by atoms with van der Waals surface area (Å²) in [4.78, 5) is 0.792. The molecule has 0 aliphatic heterocycles. The number of aromatic hydroxyl groups is 1. The van der Waals surface area contributed by atoms with Crippen LogP contribution in [0.1, 0.15) is 5.56 Å². The van der Waals surface area contributed by atoms with Crippen LogP contribution in [-0.2, 0) is 6.18 Å². The lowest BCUT2D eigenvalue weighted by atomic mass is 10.2. The molecule has 2 rings (SSSR count). The van der Waals surface area contributed by atoms with Crippen molar-refractivity contribution in [1.29, 1.82) is 0 Å². The Morgan fingerprint density at radius 2 is 1.61 bits per heavy atom. The monoisotopic (exact) mass is 270 g/mol. The third-order valence-electron chi connectivity index (χ3n) is 2.24. The van der Waals surface area contributed by atoms with Crippen LogP contribution in [-0.4, -0.2) is 5.11 Å². The molecule has 94 valence electrons. The molecule has 0 amide bonds. The minimum absolute atomic E-state index is 0.0755. The number of rotatable bonds is 2. The number of benzene rings is 2. The van der Waals surface area contributed by atoms with Gasteiger partial charge in [-0.3, -0.25) is 0 Å². The number of halogens is 3. The Balaban J connectivity index is 2.39. The second kappa shape index (κ2) is 4.94. The fourth-order valence-corrected chi connectivity index (χ4v) is 2.41. The van der Waals surface area contributed by atoms with Crippen molar-refractivity contribution in [2.24, 2.45) is 0 Å². The zero-order valence-electron chi connectivity index (χ0n) is 9.11. The Bertz CT molecular complexity index is 538. The first kappa shape index (κ1) is 12.8. The van der Waals surface area contributed by atoms with Crippen molar-refractivity contribution in [2.45, 2.75) is 16.0 Å². The molecule has 0 radical (unpaired) electrons. The standard InChI is InChI=1S/C13H9F3OS/c14-13(15,16)11-8-9(17)6-7-12(11)18-10-4-2-1-3-5-10/h1-8,17H. The van der Waals surface area contributed by atoms with Gasteiger partial charge in [-0.25, -0.2) is 0 Å². The second-order valence-corrected chi connectivity index (χ2v) is 4.71. The molecule has 0 heterocycles. The van der Waals surface area contributed by atoms with Gasteiger partial charge in [0.05, 0.1) is 5.56 Å². The molecule has 18 heavy (non-hydrogen) atoms. The van der Waals surface area contributed by atoms with Gasteiger partial charge in [-0.2, -0.15) is 13.2 Å². The topological polar surface area (TPSA) is 20.2 Å². The highest BCUT2D eigenvalue weighted by Gasteiger charge is 2.34. The van der Waals surface area contributed by atoms with E-state index < -0.39 is 11.7 Å². The Morgan fingerprint density at radius 3 is 2.22 bits per heavy atom. The summed E-state index contributed by atoms with van der Waals surface area (Å²) in [6, 6.07) is 12.1. The van der Waals surface area contributed by atoms with Crippen LogP contribution in [0.2, 0.25) is 0 Å². The number of hydrogen-bond donors (Lipinski definition) is 1. The smallest absolute Gasteiger partial charge is 0.417 e. The summed E-state index contributed by atoms with van der Waals surface area (Å²) >= 11 is 1.02. The SMILES string of the molecule is Oc1ccc(Sc2ccccc2)c(C(F)(F)F)c1. The van der Waals surface area contributed by atoms with Gasteiger partial charge < -0.3 is 5.11 Å². The molecule has 0 aliphatic rings. The van der Waals surface area contributed by atoms with Gasteiger partial charge in [-0.15, -0.1) is 0 Å². The quantitative estimate of drug-likeness (QED) is 0.863. The van der Waals surface area contributed by atoms with Crippen molar-refractivity contribution in [3.63, 3.8) is 0 Å². The first-order valence-electron chi connectivity index (χ1n) is 5.10. The van der Waals surface area contributed by atoms with E-state index in [-0.39, 0.29) is 10.6 Å². The molecular formula is C13H9F3OS. The molecule has 2 aromatic rings. The van der Waals surface area contributed by atoms with Gasteiger partial charge in [0.25, 0.3) is 0 Å². The first-order chi connectivity index (χ1) is 8.47. The molecule has 0 saturated carbocycles. The van der Waals surface area contributed by atoms with Crippen molar-refractivity contribution >= 4 is 11.8 Å². The zero-order valence-corrected chi connectivity index (χ0v) is 9.92. The summed E-state index contributed by atoms with van der Waals surface area (Å²) in [7, 11) is 0. The van der Waals surface area contributed by atoms with E-state index in [1.165, 1.54) is 12.1 Å². The van der Waals surface area contributed by atoms with E-state index in [2.05, 4.69) is 0 Å². The minimum Gasteiger partial charge on any atom is -0.508 e. The number of alkyl halides is 3. The third-order valence-corrected chi connectivity index (χ3v) is 3.32. The lowest BCUT2D eigenvalue weighted by molar-refractivity contribution is -0.139. The molecular weight excluding hydrogens is 261 g/mol. The van der Waals surface area contributed by atoms with Gasteiger partial charge in [0, 0.05) is 9.79 Å². The summed E-state index contributed by atoms with van der Waals surface area (Å²) < 4.78 is 38.4. The van der Waals surface area contributed by atoms with Crippen LogP contribution in [0.5, 0.6) is 5.75 Å². The zero-order chi connectivity index (χ0) is 13.2. The maximum absolute atomic E-state index is 12.8. The third kappa shape index (κ3) is 2.98. The van der Waals surface area contributed by atoms with Gasteiger partial charge >= 0.3 is 6.18 Å². The molecule has 0 bridgehead atoms. The largest absolute Gasteiger partial charge is 0.508 e. The van der Waals surface area contributed by atoms with Crippen molar-refractivity contribution in [3.05, 3.63) is 54.1 Å². The van der Waals surface area contributed by atoms with Crippen LogP contribution in [0.15, 0.2) is 58.3 Å². The maximum atomic E-state index is 12.8. The van der Waals surface area contributed by atoms with Crippen LogP contribution in [0.3, 0.4) is 0 Å². The van der Waals surface area contributed by atoms with Crippen LogP contribution in [0.25, 0.3) is 0 Å². The Kier molecular flexibility index (Phi) is 3.52. The summed E-state index contributed by atoms with van der Waals surface area (Å²) in [6.07, 6.45) is -4.48. The summed E-state index contributed by atoms with van der Waals surface area (Å²) in [6.45, 7) is 0. The highest BCUT2D eigenvalue weighted by Crippen LogP contribution is 2.40. The van der Waals surface area contributed by atoms with E-state index in [0.717, 1.165) is 17.8 Å². The van der Waals surface area contributed by atoms with Crippen LogP contribution >= 0.6 is 11.8 Å². The molecule has 0 saturated heterocycles. The fourth-order valence-electron chi connectivity index (χ4n) is 1.44. The van der Waals surface area contributed by atoms with Gasteiger partial charge in [-0.1, -0.05) is 30.0 Å². The molecule has 0 aliphatic carbocycles. The van der Waals surface area contributed by atoms with E-state index in [4.69, 9.17) is 5.11 Å². The molecule has 5 heteroatoms. The number of hydrogen-bond acceptors (Lipinski definition) is 2. The molecule has 0 unspecified atom stereocenters. The average molecular weight is 270 g/mol. The van der Waals surface area contributed by atoms with Crippen molar-refractivity contribution in [1.82, 2.24) is 0 Å². The van der Waals surface area contributed by atoms with Crippen molar-refractivity contribution < 1.29 is 18.3 Å². The van der Waals surface area contributed by atoms with Crippen LogP contribution in [0.4, 0.5) is 13.2 Å². The van der Waals surface area contributed by atoms with Crippen LogP contribution in [0, 0.1) is 0 Å². The average Bonchev–Trinajstić information content (AvgIpc) is 2.31. The van der Waals surface area contributed by atoms with E-state index in [9.17, 15) is 13.2 Å². The lowest BCUT2D eigenvalue weighted by Gasteiger charge is -2.12. The Labute approximate surface area is 106 Å². The van der Waals surface area contributed by atoms with Gasteiger partial charge in [0.2, 0.25) is 0 Å². The minimum atomic E-state index is -4.48. The lowest BCUT2D eigenvalue weighted by Crippen LogP contribution is -2.06. The summed E-state index contributed by atoms with van der Waals surface area (Å²) in [5.41, 5.74) is -0.823. The molecule has 2 aromatic carbocycles. The fraction of sp³-hybridized carbons (Fsp3) is 0.0769. The maximum Gasteiger partial charge on any atom is 0.417 e. The van der Waals surface area contributed by atoms with Gasteiger partial charge in [0.15, 0.2) is 0 Å². The van der Waals surface area contributed by atoms with E-state index in [0.29, 0.717) is 4.90 Å². The van der Waals surface area contributed by atoms with Gasteiger partial charge in [-0.05, 0) is 30.3 Å². The second-order valence-electron chi connectivity index (χ2n) is 3.59. The summed E-state index contributed by atoms with van der Waals surface area (Å²) in [5.74, 6) is -0.389. The Morgan fingerprint density at radius 1 is 0.944 bits per heavy atom. The van der Waals surface area contributed by atoms with Gasteiger partial charge in [0.1, 0.15) is 5.75 Å². The predicted octanol–water partition coefficient (Wildman–Crippen LogP) is 4.56. The van der Waals surface area contributed by atoms with Crippen molar-refractivity contribution in [2.75, 3.05) is 0 Å². The highest BCUT2D eigenvalue weighted by atomic mass is 32.2. The number of phenols is 1. The number of phenolic OH excluding ortho intramolecular Hbond substituents is 1. The molecule has 0 atom stereocenters. The van der Waals surface area contributed by atoms with Crippen LogP contribution < -0.4 is 0 Å². The van der Waals surface area contributed by atoms with E-state index in [1.807, 2.05) is 0 Å². The molecule has 1 nitrogen and oxygen atoms in total. The van der Waals surface area contributed by atoms with E-state index in [1.54, 1.807) is 30.3 Å². The predicted molar refractivity (Wildman–Crippen MR) is 63.7 cm³/mol. The van der Waals surface area contributed by atoms with Crippen molar-refractivity contribution in [3.8, 4) is 5.75 Å². The first-order valence-corrected chi connectivity index (χ1v) is 5.91. The molecule has 0 spiro atoms. The normalized spacial score (nSPS) is 11.5. The molecule has 1 N–H and O–H groups in total. The molecule has 0 fully saturated rings. The van der Waals surface area contributed by atoms with E-state index >= 15 is 0 Å². The molecule has 0 aromatic heterocycles. The summed E-state index contributed by atoms with van der Waals surface area (Å²) in [5, 5.41) is 9.16.